The van der Waals surface area contributed by atoms with E-state index < -0.39 is 17.7 Å². The number of carbonyl (C=O) groups is 1. The smallest absolute Gasteiger partial charge is 0.320 e. The van der Waals surface area contributed by atoms with Crippen molar-refractivity contribution in [1.82, 2.24) is 0 Å². The Labute approximate surface area is 143 Å². The topological polar surface area (TPSA) is 66.8 Å². The third-order valence-corrected chi connectivity index (χ3v) is 5.35. The molecule has 1 aromatic rings. The average molecular weight is 330 g/mol. The van der Waals surface area contributed by atoms with Gasteiger partial charge >= 0.3 is 5.97 Å². The lowest BCUT2D eigenvalue weighted by atomic mass is 9.76. The van der Waals surface area contributed by atoms with Crippen LogP contribution in [0.15, 0.2) is 42.2 Å². The molecule has 3 rings (SSSR count). The summed E-state index contributed by atoms with van der Waals surface area (Å²) in [6.45, 7) is 4.00. The van der Waals surface area contributed by atoms with Gasteiger partial charge in [-0.05, 0) is 37.2 Å². The molecular formula is C20H26O4. The van der Waals surface area contributed by atoms with Crippen molar-refractivity contribution in [1.29, 1.82) is 0 Å². The van der Waals surface area contributed by atoms with Gasteiger partial charge in [-0.1, -0.05) is 44.2 Å². The van der Waals surface area contributed by atoms with Gasteiger partial charge in [0, 0.05) is 17.9 Å². The molecule has 0 saturated heterocycles. The van der Waals surface area contributed by atoms with E-state index in [-0.39, 0.29) is 11.8 Å². The minimum atomic E-state index is -2.17. The molecule has 1 aromatic carbocycles. The number of esters is 1. The number of cyclic esters (lactones) is 1. The predicted octanol–water partition coefficient (Wildman–Crippen LogP) is 3.35. The first kappa shape index (κ1) is 17.2. The van der Waals surface area contributed by atoms with Crippen LogP contribution in [0.1, 0.15) is 51.0 Å². The molecule has 1 fully saturated rings. The SMILES string of the molecule is CCC(CC)C1=CC(O)(O)C(C(c2ccccc2)C2CC2)C(=O)O1. The summed E-state index contributed by atoms with van der Waals surface area (Å²) >= 11 is 0. The summed E-state index contributed by atoms with van der Waals surface area (Å²) in [6.07, 6.45) is 4.95. The molecule has 1 aliphatic heterocycles. The van der Waals surface area contributed by atoms with E-state index in [0.717, 1.165) is 31.2 Å². The molecule has 130 valence electrons. The van der Waals surface area contributed by atoms with Crippen LogP contribution >= 0.6 is 0 Å². The molecule has 0 amide bonds. The van der Waals surface area contributed by atoms with Gasteiger partial charge in [-0.25, -0.2) is 0 Å². The Balaban J connectivity index is 1.96. The Morgan fingerprint density at radius 2 is 1.79 bits per heavy atom. The molecule has 1 heterocycles. The van der Waals surface area contributed by atoms with Crippen molar-refractivity contribution >= 4 is 5.97 Å². The van der Waals surface area contributed by atoms with Gasteiger partial charge in [-0.2, -0.15) is 0 Å². The Hall–Kier alpha value is -1.65. The van der Waals surface area contributed by atoms with Gasteiger partial charge in [0.15, 0.2) is 0 Å². The van der Waals surface area contributed by atoms with Crippen LogP contribution in [0.2, 0.25) is 0 Å². The number of hydrogen-bond acceptors (Lipinski definition) is 4. The molecule has 0 spiro atoms. The van der Waals surface area contributed by atoms with Gasteiger partial charge in [-0.3, -0.25) is 4.79 Å². The highest BCUT2D eigenvalue weighted by atomic mass is 16.6. The highest BCUT2D eigenvalue weighted by Gasteiger charge is 2.53. The largest absolute Gasteiger partial charge is 0.431 e. The highest BCUT2D eigenvalue weighted by molar-refractivity contribution is 5.78. The maximum Gasteiger partial charge on any atom is 0.320 e. The number of ether oxygens (including phenoxy) is 1. The van der Waals surface area contributed by atoms with Crippen LogP contribution in [0.3, 0.4) is 0 Å². The monoisotopic (exact) mass is 330 g/mol. The predicted molar refractivity (Wildman–Crippen MR) is 90.8 cm³/mol. The molecular weight excluding hydrogens is 304 g/mol. The second kappa shape index (κ2) is 6.69. The minimum absolute atomic E-state index is 0.0321. The third-order valence-electron chi connectivity index (χ3n) is 5.35. The fraction of sp³-hybridized carbons (Fsp3) is 0.550. The zero-order valence-corrected chi connectivity index (χ0v) is 14.3. The molecule has 0 bridgehead atoms. The van der Waals surface area contributed by atoms with Crippen molar-refractivity contribution in [2.24, 2.45) is 17.8 Å². The zero-order valence-electron chi connectivity index (χ0n) is 14.3. The van der Waals surface area contributed by atoms with Gasteiger partial charge in [-0.15, -0.1) is 0 Å². The molecule has 2 aliphatic rings. The number of allylic oxidation sites excluding steroid dienone is 1. The van der Waals surface area contributed by atoms with Crippen LogP contribution in [-0.4, -0.2) is 22.0 Å². The van der Waals surface area contributed by atoms with Gasteiger partial charge in [0.25, 0.3) is 0 Å². The van der Waals surface area contributed by atoms with Gasteiger partial charge in [0.1, 0.15) is 11.7 Å². The molecule has 4 nitrogen and oxygen atoms in total. The maximum atomic E-state index is 12.7. The number of aliphatic hydroxyl groups is 2. The van der Waals surface area contributed by atoms with E-state index in [1.807, 2.05) is 44.2 Å². The van der Waals surface area contributed by atoms with Crippen LogP contribution in [0.25, 0.3) is 0 Å². The first-order chi connectivity index (χ1) is 11.5. The van der Waals surface area contributed by atoms with Crippen molar-refractivity contribution in [3.8, 4) is 0 Å². The standard InChI is InChI=1S/C20H26O4/c1-3-13(4-2)16-12-20(22,23)18(19(21)24-16)17(15-10-11-15)14-8-6-5-7-9-14/h5-9,12-13,15,17-18,22-23H,3-4,10-11H2,1-2H3. The maximum absolute atomic E-state index is 12.7. The van der Waals surface area contributed by atoms with E-state index in [4.69, 9.17) is 4.74 Å². The molecule has 2 unspecified atom stereocenters. The summed E-state index contributed by atoms with van der Waals surface area (Å²) in [5, 5.41) is 21.4. The normalized spacial score (nSPS) is 24.5. The molecule has 0 aromatic heterocycles. The van der Waals surface area contributed by atoms with E-state index in [1.165, 1.54) is 6.08 Å². The van der Waals surface area contributed by atoms with E-state index in [2.05, 4.69) is 0 Å². The van der Waals surface area contributed by atoms with Crippen LogP contribution in [0, 0.1) is 17.8 Å². The molecule has 4 heteroatoms. The van der Waals surface area contributed by atoms with Crippen molar-refractivity contribution in [2.75, 3.05) is 0 Å². The van der Waals surface area contributed by atoms with Crippen molar-refractivity contribution in [2.45, 2.75) is 51.2 Å². The number of carbonyl (C=O) groups excluding carboxylic acids is 1. The van der Waals surface area contributed by atoms with E-state index in [0.29, 0.717) is 11.7 Å². The lowest BCUT2D eigenvalue weighted by Gasteiger charge is -2.38. The Morgan fingerprint density at radius 3 is 2.29 bits per heavy atom. The molecule has 1 saturated carbocycles. The minimum Gasteiger partial charge on any atom is -0.431 e. The van der Waals surface area contributed by atoms with Gasteiger partial charge in [0.2, 0.25) is 5.79 Å². The summed E-state index contributed by atoms with van der Waals surface area (Å²) < 4.78 is 5.56. The summed E-state index contributed by atoms with van der Waals surface area (Å²) in [4.78, 5) is 12.7. The Morgan fingerprint density at radius 1 is 1.17 bits per heavy atom. The summed E-state index contributed by atoms with van der Waals surface area (Å²) in [7, 11) is 0. The average Bonchev–Trinajstić information content (AvgIpc) is 3.37. The molecule has 1 aliphatic carbocycles. The van der Waals surface area contributed by atoms with Crippen LogP contribution in [0.5, 0.6) is 0 Å². The van der Waals surface area contributed by atoms with Gasteiger partial charge in [0.05, 0.1) is 0 Å². The third kappa shape index (κ3) is 3.26. The van der Waals surface area contributed by atoms with Crippen molar-refractivity contribution in [3.63, 3.8) is 0 Å². The molecule has 0 radical (unpaired) electrons. The Bertz CT molecular complexity index is 612. The van der Waals surface area contributed by atoms with Crippen molar-refractivity contribution in [3.05, 3.63) is 47.7 Å². The zero-order chi connectivity index (χ0) is 17.3. The lowest BCUT2D eigenvalue weighted by molar-refractivity contribution is -0.201. The molecule has 24 heavy (non-hydrogen) atoms. The van der Waals surface area contributed by atoms with E-state index in [9.17, 15) is 15.0 Å². The first-order valence-electron chi connectivity index (χ1n) is 8.92. The Kier molecular flexibility index (Phi) is 4.79. The fourth-order valence-corrected chi connectivity index (χ4v) is 3.85. The van der Waals surface area contributed by atoms with E-state index in [1.54, 1.807) is 0 Å². The summed E-state index contributed by atoms with van der Waals surface area (Å²) in [5.74, 6) is -3.18. The quantitative estimate of drug-likeness (QED) is 0.620. The molecule has 2 N–H and O–H groups in total. The highest BCUT2D eigenvalue weighted by Crippen LogP contribution is 2.51. The summed E-state index contributed by atoms with van der Waals surface area (Å²) in [5.41, 5.74) is 0.966. The second-order valence-electron chi connectivity index (χ2n) is 7.02. The first-order valence-corrected chi connectivity index (χ1v) is 8.92. The van der Waals surface area contributed by atoms with Gasteiger partial charge < -0.3 is 14.9 Å². The van der Waals surface area contributed by atoms with Crippen molar-refractivity contribution < 1.29 is 19.7 Å². The lowest BCUT2D eigenvalue weighted by Crippen LogP contribution is -2.49. The van der Waals surface area contributed by atoms with Crippen LogP contribution < -0.4 is 0 Å². The van der Waals surface area contributed by atoms with Crippen LogP contribution in [0.4, 0.5) is 0 Å². The number of hydrogen-bond donors (Lipinski definition) is 2. The van der Waals surface area contributed by atoms with Crippen LogP contribution in [-0.2, 0) is 9.53 Å². The fourth-order valence-electron chi connectivity index (χ4n) is 3.85. The number of benzene rings is 1. The van der Waals surface area contributed by atoms with E-state index >= 15 is 0 Å². The second-order valence-corrected chi connectivity index (χ2v) is 7.02. The molecule has 2 atom stereocenters. The number of rotatable bonds is 6. The summed E-state index contributed by atoms with van der Waals surface area (Å²) in [6, 6.07) is 9.66.